The van der Waals surface area contributed by atoms with Crippen LogP contribution in [-0.2, 0) is 9.53 Å². The Hall–Kier alpha value is -2.25. The van der Waals surface area contributed by atoms with Crippen molar-refractivity contribution in [2.45, 2.75) is 51.6 Å². The van der Waals surface area contributed by atoms with Crippen molar-refractivity contribution in [3.63, 3.8) is 0 Å². The first-order valence-corrected chi connectivity index (χ1v) is 6.80. The Kier molecular flexibility index (Phi) is 11.4. The highest BCUT2D eigenvalue weighted by atomic mass is 16.5. The molecule has 0 aromatic carbocycles. The highest BCUT2D eigenvalue weighted by Crippen LogP contribution is 2.13. The van der Waals surface area contributed by atoms with E-state index in [1.165, 1.54) is 0 Å². The fraction of sp³-hybridized carbons (Fsp3) is 0.667. The van der Waals surface area contributed by atoms with Gasteiger partial charge in [-0.3, -0.25) is 0 Å². The standard InChI is InChI=1S/C8H12N4.C7H12O3/c1-7(2,5-9)11-12-8(3,4)6-10;1-2-7(9)10-6-4-3-5-8/h1-4H3;2,8H,1,3-6H2. The maximum absolute atomic E-state index is 10.4. The summed E-state index contributed by atoms with van der Waals surface area (Å²) in [6.07, 6.45) is 2.50. The second-order valence-corrected chi connectivity index (χ2v) is 5.34. The Morgan fingerprint density at radius 3 is 1.95 bits per heavy atom. The molecule has 0 aliphatic carbocycles. The molecule has 0 fully saturated rings. The van der Waals surface area contributed by atoms with Gasteiger partial charge in [-0.05, 0) is 40.5 Å². The fourth-order valence-corrected chi connectivity index (χ4v) is 0.740. The summed E-state index contributed by atoms with van der Waals surface area (Å²) in [6.45, 7) is 10.3. The SMILES string of the molecule is C=CC(=O)OCCCCO.CC(C)(C#N)N=NC(C)(C)C#N. The first-order valence-electron chi connectivity index (χ1n) is 6.80. The van der Waals surface area contributed by atoms with E-state index in [4.69, 9.17) is 15.6 Å². The van der Waals surface area contributed by atoms with Gasteiger partial charge in [-0.25, -0.2) is 4.79 Å². The molecule has 7 nitrogen and oxygen atoms in total. The third-order valence-electron chi connectivity index (χ3n) is 2.06. The Bertz CT molecular complexity index is 428. The van der Waals surface area contributed by atoms with Crippen molar-refractivity contribution in [2.24, 2.45) is 10.2 Å². The van der Waals surface area contributed by atoms with Crippen molar-refractivity contribution < 1.29 is 14.6 Å². The van der Waals surface area contributed by atoms with Gasteiger partial charge in [-0.1, -0.05) is 6.58 Å². The van der Waals surface area contributed by atoms with E-state index in [1.54, 1.807) is 27.7 Å². The normalized spacial score (nSPS) is 10.9. The quantitative estimate of drug-likeness (QED) is 0.335. The van der Waals surface area contributed by atoms with Crippen molar-refractivity contribution >= 4 is 5.97 Å². The summed E-state index contributed by atoms with van der Waals surface area (Å²) < 4.78 is 4.63. The van der Waals surface area contributed by atoms with Gasteiger partial charge in [0, 0.05) is 12.7 Å². The molecule has 0 saturated heterocycles. The molecule has 0 aliphatic rings. The molecule has 0 atom stereocenters. The third-order valence-corrected chi connectivity index (χ3v) is 2.06. The zero-order valence-electron chi connectivity index (χ0n) is 13.7. The van der Waals surface area contributed by atoms with Gasteiger partial charge in [0.2, 0.25) is 0 Å². The molecule has 0 heterocycles. The lowest BCUT2D eigenvalue weighted by Crippen LogP contribution is -2.17. The molecule has 0 radical (unpaired) electrons. The number of hydrogen-bond acceptors (Lipinski definition) is 7. The van der Waals surface area contributed by atoms with Crippen LogP contribution in [0.15, 0.2) is 22.9 Å². The maximum Gasteiger partial charge on any atom is 0.330 e. The highest BCUT2D eigenvalue weighted by molar-refractivity contribution is 5.81. The van der Waals surface area contributed by atoms with E-state index < -0.39 is 17.0 Å². The molecular formula is C15H24N4O3. The third kappa shape index (κ3) is 14.2. The number of esters is 1. The van der Waals surface area contributed by atoms with E-state index >= 15 is 0 Å². The van der Waals surface area contributed by atoms with E-state index in [1.807, 2.05) is 12.1 Å². The number of carbonyl (C=O) groups is 1. The molecule has 22 heavy (non-hydrogen) atoms. The summed E-state index contributed by atoms with van der Waals surface area (Å²) in [6, 6.07) is 3.94. The van der Waals surface area contributed by atoms with Crippen LogP contribution in [0.25, 0.3) is 0 Å². The van der Waals surface area contributed by atoms with Crippen LogP contribution in [0, 0.1) is 22.7 Å². The Morgan fingerprint density at radius 2 is 1.64 bits per heavy atom. The van der Waals surface area contributed by atoms with Gasteiger partial charge < -0.3 is 9.84 Å². The van der Waals surface area contributed by atoms with Gasteiger partial charge in [0.1, 0.15) is 0 Å². The van der Waals surface area contributed by atoms with E-state index in [2.05, 4.69) is 21.5 Å². The number of ether oxygens (including phenoxy) is 1. The molecule has 0 unspecified atom stereocenters. The maximum atomic E-state index is 10.4. The van der Waals surface area contributed by atoms with Gasteiger partial charge in [-0.15, -0.1) is 0 Å². The van der Waals surface area contributed by atoms with Gasteiger partial charge in [-0.2, -0.15) is 20.8 Å². The summed E-state index contributed by atoms with van der Waals surface area (Å²) in [4.78, 5) is 10.4. The minimum atomic E-state index is -0.839. The van der Waals surface area contributed by atoms with Crippen LogP contribution in [0.5, 0.6) is 0 Å². The van der Waals surface area contributed by atoms with Crippen LogP contribution in [0.1, 0.15) is 40.5 Å². The van der Waals surface area contributed by atoms with Crippen molar-refractivity contribution in [1.29, 1.82) is 10.5 Å². The first kappa shape index (κ1) is 22.0. The molecule has 0 rings (SSSR count). The summed E-state index contributed by atoms with van der Waals surface area (Å²) >= 11 is 0. The molecule has 0 aliphatic heterocycles. The van der Waals surface area contributed by atoms with Crippen LogP contribution in [0.2, 0.25) is 0 Å². The summed E-state index contributed by atoms with van der Waals surface area (Å²) in [5.74, 6) is -0.405. The van der Waals surface area contributed by atoms with Crippen molar-refractivity contribution in [1.82, 2.24) is 0 Å². The minimum Gasteiger partial charge on any atom is -0.463 e. The van der Waals surface area contributed by atoms with Gasteiger partial charge >= 0.3 is 5.97 Å². The minimum absolute atomic E-state index is 0.144. The lowest BCUT2D eigenvalue weighted by atomic mass is 10.1. The molecule has 7 heteroatoms. The molecule has 0 saturated carbocycles. The predicted molar refractivity (Wildman–Crippen MR) is 81.7 cm³/mol. The molecule has 1 N–H and O–H groups in total. The summed E-state index contributed by atoms with van der Waals surface area (Å²) in [5, 5.41) is 33.0. The first-order chi connectivity index (χ1) is 10.1. The number of unbranched alkanes of at least 4 members (excludes halogenated alkanes) is 1. The van der Waals surface area contributed by atoms with Gasteiger partial charge in [0.25, 0.3) is 0 Å². The van der Waals surface area contributed by atoms with Crippen molar-refractivity contribution in [3.05, 3.63) is 12.7 Å². The van der Waals surface area contributed by atoms with Crippen LogP contribution in [0.4, 0.5) is 0 Å². The topological polar surface area (TPSA) is 119 Å². The smallest absolute Gasteiger partial charge is 0.330 e. The molecule has 0 spiro atoms. The number of azo groups is 1. The number of carbonyl (C=O) groups excluding carboxylic acids is 1. The number of aliphatic hydroxyl groups excluding tert-OH is 1. The van der Waals surface area contributed by atoms with Gasteiger partial charge in [0.05, 0.1) is 18.7 Å². The number of rotatable bonds is 7. The second-order valence-electron chi connectivity index (χ2n) is 5.34. The molecule has 0 amide bonds. The van der Waals surface area contributed by atoms with E-state index in [0.29, 0.717) is 19.4 Å². The molecule has 0 aromatic heterocycles. The molecule has 0 bridgehead atoms. The van der Waals surface area contributed by atoms with Crippen LogP contribution in [0.3, 0.4) is 0 Å². The van der Waals surface area contributed by atoms with Gasteiger partial charge in [0.15, 0.2) is 11.1 Å². The van der Waals surface area contributed by atoms with Crippen molar-refractivity contribution in [2.75, 3.05) is 13.2 Å². The zero-order valence-corrected chi connectivity index (χ0v) is 13.7. The van der Waals surface area contributed by atoms with E-state index in [0.717, 1.165) is 6.08 Å². The van der Waals surface area contributed by atoms with Crippen LogP contribution >= 0.6 is 0 Å². The second kappa shape index (κ2) is 11.4. The Labute approximate surface area is 131 Å². The number of nitriles is 2. The summed E-state index contributed by atoms with van der Waals surface area (Å²) in [7, 11) is 0. The average molecular weight is 308 g/mol. The zero-order chi connectivity index (χ0) is 17.6. The number of nitrogens with zero attached hydrogens (tertiary/aromatic N) is 4. The van der Waals surface area contributed by atoms with Crippen LogP contribution in [-0.4, -0.2) is 35.4 Å². The largest absolute Gasteiger partial charge is 0.463 e. The average Bonchev–Trinajstić information content (AvgIpc) is 2.50. The molecular weight excluding hydrogens is 284 g/mol. The van der Waals surface area contributed by atoms with E-state index in [-0.39, 0.29) is 6.61 Å². The monoisotopic (exact) mass is 308 g/mol. The summed E-state index contributed by atoms with van der Waals surface area (Å²) in [5.41, 5.74) is -1.68. The van der Waals surface area contributed by atoms with Crippen LogP contribution < -0.4 is 0 Å². The lowest BCUT2D eigenvalue weighted by Gasteiger charge is -2.11. The van der Waals surface area contributed by atoms with E-state index in [9.17, 15) is 4.79 Å². The lowest BCUT2D eigenvalue weighted by molar-refractivity contribution is -0.137. The molecule has 0 aromatic rings. The predicted octanol–water partition coefficient (Wildman–Crippen LogP) is 2.53. The van der Waals surface area contributed by atoms with Crippen molar-refractivity contribution in [3.8, 4) is 12.1 Å². The Balaban J connectivity index is 0. The molecule has 122 valence electrons. The highest BCUT2D eigenvalue weighted by Gasteiger charge is 2.19. The fourth-order valence-electron chi connectivity index (χ4n) is 0.740. The number of aliphatic hydroxyl groups is 1. The Morgan fingerprint density at radius 1 is 1.18 bits per heavy atom. The number of hydrogen-bond donors (Lipinski definition) is 1.